The molecule has 0 spiro atoms. The minimum absolute atomic E-state index is 0.891. The van der Waals surface area contributed by atoms with Crippen LogP contribution in [0.3, 0.4) is 0 Å². The number of nitrogens with two attached hydrogens (primary N) is 1. The zero-order valence-electron chi connectivity index (χ0n) is 16.4. The Kier molecular flexibility index (Phi) is 5.03. The molecule has 0 fully saturated rings. The van der Waals surface area contributed by atoms with Crippen molar-refractivity contribution in [2.45, 2.75) is 26.7 Å². The van der Waals surface area contributed by atoms with Crippen molar-refractivity contribution >= 4 is 17.3 Å². The van der Waals surface area contributed by atoms with E-state index in [1.54, 1.807) is 0 Å². The van der Waals surface area contributed by atoms with Gasteiger partial charge < -0.3 is 10.5 Å². The third-order valence-electron chi connectivity index (χ3n) is 5.32. The lowest BCUT2D eigenvalue weighted by Crippen LogP contribution is -2.02. The van der Waals surface area contributed by atoms with Crippen molar-refractivity contribution in [3.05, 3.63) is 101 Å². The predicted octanol–water partition coefficient (Wildman–Crippen LogP) is 6.64. The fourth-order valence-electron chi connectivity index (χ4n) is 3.97. The van der Waals surface area contributed by atoms with Crippen molar-refractivity contribution < 1.29 is 4.74 Å². The highest BCUT2D eigenvalue weighted by Crippen LogP contribution is 2.43. The number of allylic oxidation sites excluding steroid dienone is 2. The van der Waals surface area contributed by atoms with Crippen LogP contribution in [0.15, 0.2) is 72.8 Å². The van der Waals surface area contributed by atoms with Crippen LogP contribution in [0.25, 0.3) is 11.6 Å². The normalized spacial score (nSPS) is 12.4. The molecule has 1 heterocycles. The average Bonchev–Trinajstić information content (AvgIpc) is 2.73. The number of para-hydroxylation sites is 2. The SMILES string of the molecule is CCc1c(N)ccc(C=CC=C2c3ccccc3Oc3ccccc32)c1CC. The fraction of sp³-hybridized carbons (Fsp3) is 0.154. The second kappa shape index (κ2) is 7.77. The first-order valence-electron chi connectivity index (χ1n) is 9.88. The molecule has 3 aromatic carbocycles. The Morgan fingerprint density at radius 3 is 2.00 bits per heavy atom. The van der Waals surface area contributed by atoms with Crippen LogP contribution in [0, 0.1) is 0 Å². The minimum Gasteiger partial charge on any atom is -0.456 e. The van der Waals surface area contributed by atoms with Crippen LogP contribution in [0.1, 0.15) is 41.7 Å². The number of hydrogen-bond donors (Lipinski definition) is 1. The summed E-state index contributed by atoms with van der Waals surface area (Å²) in [6.45, 7) is 4.35. The summed E-state index contributed by atoms with van der Waals surface area (Å²) in [5, 5.41) is 0. The van der Waals surface area contributed by atoms with Crippen LogP contribution in [-0.2, 0) is 12.8 Å². The van der Waals surface area contributed by atoms with E-state index in [0.29, 0.717) is 0 Å². The van der Waals surface area contributed by atoms with Crippen molar-refractivity contribution in [1.29, 1.82) is 0 Å². The molecule has 0 unspecified atom stereocenters. The quantitative estimate of drug-likeness (QED) is 0.410. The van der Waals surface area contributed by atoms with Gasteiger partial charge in [-0.1, -0.05) is 74.5 Å². The summed E-state index contributed by atoms with van der Waals surface area (Å²) in [5.41, 5.74) is 14.3. The fourth-order valence-corrected chi connectivity index (χ4v) is 3.97. The minimum atomic E-state index is 0.891. The first-order chi connectivity index (χ1) is 13.7. The van der Waals surface area contributed by atoms with E-state index in [0.717, 1.165) is 41.2 Å². The number of rotatable bonds is 4. The van der Waals surface area contributed by atoms with Crippen LogP contribution in [0.5, 0.6) is 11.5 Å². The molecule has 140 valence electrons. The van der Waals surface area contributed by atoms with Gasteiger partial charge in [-0.15, -0.1) is 0 Å². The number of benzene rings is 3. The van der Waals surface area contributed by atoms with Gasteiger partial charge in [0.05, 0.1) is 0 Å². The second-order valence-corrected chi connectivity index (χ2v) is 6.94. The van der Waals surface area contributed by atoms with Gasteiger partial charge in [0, 0.05) is 16.8 Å². The number of fused-ring (bicyclic) bond motifs is 2. The molecule has 1 aliphatic rings. The molecule has 2 heteroatoms. The lowest BCUT2D eigenvalue weighted by Gasteiger charge is -2.22. The Hall–Kier alpha value is -3.26. The van der Waals surface area contributed by atoms with Crippen LogP contribution in [0.2, 0.25) is 0 Å². The Bertz CT molecular complexity index is 1030. The van der Waals surface area contributed by atoms with Gasteiger partial charge in [0.25, 0.3) is 0 Å². The summed E-state index contributed by atoms with van der Waals surface area (Å²) in [6, 6.07) is 20.5. The molecule has 0 aliphatic carbocycles. The topological polar surface area (TPSA) is 35.2 Å². The van der Waals surface area contributed by atoms with E-state index in [9.17, 15) is 0 Å². The summed E-state index contributed by atoms with van der Waals surface area (Å²) in [7, 11) is 0. The summed E-state index contributed by atoms with van der Waals surface area (Å²) in [5.74, 6) is 1.80. The lowest BCUT2D eigenvalue weighted by molar-refractivity contribution is 0.474. The third-order valence-corrected chi connectivity index (χ3v) is 5.32. The first-order valence-corrected chi connectivity index (χ1v) is 9.88. The smallest absolute Gasteiger partial charge is 0.135 e. The molecule has 0 bridgehead atoms. The summed E-state index contributed by atoms with van der Waals surface area (Å²) in [4.78, 5) is 0. The molecule has 0 aromatic heterocycles. The summed E-state index contributed by atoms with van der Waals surface area (Å²) >= 11 is 0. The van der Waals surface area contributed by atoms with Crippen LogP contribution < -0.4 is 10.5 Å². The van der Waals surface area contributed by atoms with E-state index in [1.807, 2.05) is 30.3 Å². The van der Waals surface area contributed by atoms with Crippen molar-refractivity contribution in [2.75, 3.05) is 5.73 Å². The molecule has 1 aliphatic heterocycles. The second-order valence-electron chi connectivity index (χ2n) is 6.94. The highest BCUT2D eigenvalue weighted by atomic mass is 16.5. The van der Waals surface area contributed by atoms with E-state index in [4.69, 9.17) is 10.5 Å². The molecule has 0 radical (unpaired) electrons. The number of anilines is 1. The molecule has 0 atom stereocenters. The van der Waals surface area contributed by atoms with E-state index in [-0.39, 0.29) is 0 Å². The van der Waals surface area contributed by atoms with Crippen molar-refractivity contribution in [1.82, 2.24) is 0 Å². The Morgan fingerprint density at radius 2 is 1.39 bits per heavy atom. The molecular formula is C26H25NO. The van der Waals surface area contributed by atoms with Crippen molar-refractivity contribution in [3.63, 3.8) is 0 Å². The molecule has 0 saturated carbocycles. The molecule has 4 rings (SSSR count). The molecule has 3 aromatic rings. The first kappa shape index (κ1) is 18.1. The van der Waals surface area contributed by atoms with E-state index >= 15 is 0 Å². The molecular weight excluding hydrogens is 342 g/mol. The summed E-state index contributed by atoms with van der Waals surface area (Å²) < 4.78 is 6.07. The van der Waals surface area contributed by atoms with Crippen molar-refractivity contribution in [2.24, 2.45) is 0 Å². The third kappa shape index (κ3) is 3.22. The van der Waals surface area contributed by atoms with Crippen LogP contribution in [-0.4, -0.2) is 0 Å². The monoisotopic (exact) mass is 367 g/mol. The van der Waals surface area contributed by atoms with Gasteiger partial charge in [-0.25, -0.2) is 0 Å². The highest BCUT2D eigenvalue weighted by Gasteiger charge is 2.20. The standard InChI is InChI=1S/C26H25NO/c1-3-19-18(16-17-24(27)20(19)4-2)10-9-13-21-22-11-5-7-14-25(22)28-26-15-8-6-12-23(21)26/h5-17H,3-4,27H2,1-2H3. The van der Waals surface area contributed by atoms with Crippen molar-refractivity contribution in [3.8, 4) is 11.5 Å². The zero-order valence-corrected chi connectivity index (χ0v) is 16.4. The van der Waals surface area contributed by atoms with Crippen LogP contribution >= 0.6 is 0 Å². The number of nitrogen functional groups attached to an aromatic ring is 1. The Labute approximate surface area is 167 Å². The molecule has 0 saturated heterocycles. The summed E-state index contributed by atoms with van der Waals surface area (Å²) in [6.07, 6.45) is 8.44. The molecule has 0 amide bonds. The maximum Gasteiger partial charge on any atom is 0.135 e. The average molecular weight is 367 g/mol. The van der Waals surface area contributed by atoms with Gasteiger partial charge in [-0.05, 0) is 53.3 Å². The zero-order chi connectivity index (χ0) is 19.5. The molecule has 28 heavy (non-hydrogen) atoms. The number of hydrogen-bond acceptors (Lipinski definition) is 2. The van der Waals surface area contributed by atoms with Gasteiger partial charge in [-0.2, -0.15) is 0 Å². The lowest BCUT2D eigenvalue weighted by atomic mass is 9.93. The van der Waals surface area contributed by atoms with Gasteiger partial charge in [0.15, 0.2) is 0 Å². The van der Waals surface area contributed by atoms with Gasteiger partial charge in [0.2, 0.25) is 0 Å². The van der Waals surface area contributed by atoms with E-state index in [2.05, 4.69) is 62.4 Å². The molecule has 2 nitrogen and oxygen atoms in total. The number of ether oxygens (including phenoxy) is 1. The highest BCUT2D eigenvalue weighted by molar-refractivity contribution is 5.89. The van der Waals surface area contributed by atoms with Gasteiger partial charge in [-0.3, -0.25) is 0 Å². The predicted molar refractivity (Wildman–Crippen MR) is 119 cm³/mol. The van der Waals surface area contributed by atoms with E-state index < -0.39 is 0 Å². The van der Waals surface area contributed by atoms with E-state index in [1.165, 1.54) is 22.3 Å². The maximum atomic E-state index is 6.18. The Balaban J connectivity index is 1.77. The maximum absolute atomic E-state index is 6.18. The van der Waals surface area contributed by atoms with Crippen LogP contribution in [0.4, 0.5) is 5.69 Å². The van der Waals surface area contributed by atoms with Gasteiger partial charge in [0.1, 0.15) is 11.5 Å². The largest absolute Gasteiger partial charge is 0.456 e. The molecule has 2 N–H and O–H groups in total. The Morgan fingerprint density at radius 1 is 0.786 bits per heavy atom. The van der Waals surface area contributed by atoms with Gasteiger partial charge >= 0.3 is 0 Å².